The van der Waals surface area contributed by atoms with Crippen LogP contribution in [0.15, 0.2) is 0 Å². The molecule has 0 saturated carbocycles. The largest absolute Gasteiger partial charge is 0.481 e. The molecule has 0 aromatic carbocycles. The van der Waals surface area contributed by atoms with Gasteiger partial charge in [-0.05, 0) is 26.7 Å². The number of rotatable bonds is 7. The summed E-state index contributed by atoms with van der Waals surface area (Å²) in [4.78, 5) is 23.4. The fourth-order valence-corrected chi connectivity index (χ4v) is 2.28. The van der Waals surface area contributed by atoms with E-state index in [9.17, 15) is 14.7 Å². The summed E-state index contributed by atoms with van der Waals surface area (Å²) in [5.41, 5.74) is 4.63. The van der Waals surface area contributed by atoms with Gasteiger partial charge in [0.1, 0.15) is 5.41 Å². The Hall–Kier alpha value is -1.14. The molecule has 0 spiro atoms. The summed E-state index contributed by atoms with van der Waals surface area (Å²) >= 11 is 0. The van der Waals surface area contributed by atoms with E-state index in [-0.39, 0.29) is 31.1 Å². The zero-order valence-corrected chi connectivity index (χ0v) is 12.5. The van der Waals surface area contributed by atoms with Gasteiger partial charge in [0.15, 0.2) is 0 Å². The number of hydrogen-bond donors (Lipinski definition) is 3. The van der Waals surface area contributed by atoms with Crippen LogP contribution >= 0.6 is 0 Å². The van der Waals surface area contributed by atoms with E-state index < -0.39 is 17.4 Å². The van der Waals surface area contributed by atoms with Gasteiger partial charge in [-0.1, -0.05) is 13.3 Å². The van der Waals surface area contributed by atoms with Gasteiger partial charge in [0, 0.05) is 12.0 Å². The van der Waals surface area contributed by atoms with Crippen LogP contribution in [-0.4, -0.2) is 42.3 Å². The van der Waals surface area contributed by atoms with Crippen molar-refractivity contribution in [2.75, 3.05) is 13.2 Å². The molecule has 116 valence electrons. The number of nitrogens with one attached hydrogen (secondary N) is 1. The molecule has 1 saturated heterocycles. The fraction of sp³-hybridized carbons (Fsp3) is 0.857. The molecule has 20 heavy (non-hydrogen) atoms. The summed E-state index contributed by atoms with van der Waals surface area (Å²) in [5.74, 6) is -1.20. The van der Waals surface area contributed by atoms with Crippen LogP contribution in [0.2, 0.25) is 0 Å². The summed E-state index contributed by atoms with van der Waals surface area (Å²) in [6.45, 7) is 5.78. The summed E-state index contributed by atoms with van der Waals surface area (Å²) in [7, 11) is 0. The van der Waals surface area contributed by atoms with E-state index in [0.29, 0.717) is 0 Å². The van der Waals surface area contributed by atoms with E-state index >= 15 is 0 Å². The van der Waals surface area contributed by atoms with Gasteiger partial charge >= 0.3 is 5.97 Å². The maximum atomic E-state index is 12.1. The minimum Gasteiger partial charge on any atom is -0.481 e. The zero-order valence-electron chi connectivity index (χ0n) is 12.5. The molecule has 1 fully saturated rings. The predicted octanol–water partition coefficient (Wildman–Crippen LogP) is 0.746. The number of amides is 1. The molecule has 0 aromatic rings. The van der Waals surface area contributed by atoms with Crippen LogP contribution in [0.25, 0.3) is 0 Å². The average molecular weight is 286 g/mol. The molecular formula is C14H26N2O4. The Balaban J connectivity index is 2.47. The molecule has 0 aromatic heterocycles. The van der Waals surface area contributed by atoms with Crippen LogP contribution in [0.4, 0.5) is 0 Å². The van der Waals surface area contributed by atoms with Gasteiger partial charge in [-0.15, -0.1) is 0 Å². The van der Waals surface area contributed by atoms with Crippen LogP contribution in [-0.2, 0) is 14.3 Å². The summed E-state index contributed by atoms with van der Waals surface area (Å²) in [6, 6.07) is -0.327. The van der Waals surface area contributed by atoms with Crippen molar-refractivity contribution < 1.29 is 19.4 Å². The van der Waals surface area contributed by atoms with E-state index in [1.54, 1.807) is 6.92 Å². The lowest BCUT2D eigenvalue weighted by Crippen LogP contribution is -2.50. The molecule has 6 nitrogen and oxygen atoms in total. The molecule has 0 radical (unpaired) electrons. The Kier molecular flexibility index (Phi) is 5.95. The van der Waals surface area contributed by atoms with Crippen molar-refractivity contribution in [3.05, 3.63) is 0 Å². The standard InChI is InChI=1S/C14H26N2O4/c1-9(5-4-6-10(2)15)12(17)16-11-7-20-8-14(11,3)13(18)19/h9-11H,4-8,15H2,1-3H3,(H,16,17)(H,18,19). The maximum absolute atomic E-state index is 12.1. The minimum atomic E-state index is -1.04. The maximum Gasteiger partial charge on any atom is 0.313 e. The molecule has 0 aliphatic carbocycles. The molecule has 0 bridgehead atoms. The third kappa shape index (κ3) is 4.18. The Morgan fingerprint density at radius 2 is 2.10 bits per heavy atom. The number of carbonyl (C=O) groups is 2. The number of nitrogens with two attached hydrogens (primary N) is 1. The lowest BCUT2D eigenvalue weighted by molar-refractivity contribution is -0.149. The van der Waals surface area contributed by atoms with Gasteiger partial charge in [0.2, 0.25) is 5.91 Å². The number of carbonyl (C=O) groups excluding carboxylic acids is 1. The summed E-state index contributed by atoms with van der Waals surface area (Å²) in [5, 5.41) is 12.1. The van der Waals surface area contributed by atoms with E-state index in [0.717, 1.165) is 19.3 Å². The first-order valence-electron chi connectivity index (χ1n) is 7.14. The Morgan fingerprint density at radius 3 is 2.65 bits per heavy atom. The molecule has 4 unspecified atom stereocenters. The Labute approximate surface area is 120 Å². The van der Waals surface area contributed by atoms with Crippen LogP contribution in [0.1, 0.15) is 40.0 Å². The zero-order chi connectivity index (χ0) is 15.3. The number of hydrogen-bond acceptors (Lipinski definition) is 4. The number of carboxylic acids is 1. The Morgan fingerprint density at radius 1 is 1.45 bits per heavy atom. The van der Waals surface area contributed by atoms with Crippen LogP contribution in [0.5, 0.6) is 0 Å². The molecule has 1 heterocycles. The van der Waals surface area contributed by atoms with Crippen molar-refractivity contribution >= 4 is 11.9 Å². The van der Waals surface area contributed by atoms with E-state index in [1.165, 1.54) is 0 Å². The molecule has 4 atom stereocenters. The molecule has 1 rings (SSSR count). The smallest absolute Gasteiger partial charge is 0.313 e. The number of ether oxygens (including phenoxy) is 1. The Bertz CT molecular complexity index is 359. The van der Waals surface area contributed by atoms with Crippen molar-refractivity contribution in [2.45, 2.75) is 52.1 Å². The number of aliphatic carboxylic acids is 1. The van der Waals surface area contributed by atoms with Crippen molar-refractivity contribution in [3.8, 4) is 0 Å². The molecule has 6 heteroatoms. The molecule has 1 aliphatic heterocycles. The average Bonchev–Trinajstić information content (AvgIpc) is 2.71. The molecular weight excluding hydrogens is 260 g/mol. The molecule has 1 amide bonds. The van der Waals surface area contributed by atoms with Gasteiger partial charge in [0.05, 0.1) is 19.3 Å². The van der Waals surface area contributed by atoms with Crippen LogP contribution < -0.4 is 11.1 Å². The minimum absolute atomic E-state index is 0.113. The molecule has 4 N–H and O–H groups in total. The predicted molar refractivity (Wildman–Crippen MR) is 75.2 cm³/mol. The highest BCUT2D eigenvalue weighted by molar-refractivity contribution is 5.81. The fourth-order valence-electron chi connectivity index (χ4n) is 2.28. The molecule has 1 aliphatic rings. The first-order chi connectivity index (χ1) is 9.27. The normalized spacial score (nSPS) is 28.9. The topological polar surface area (TPSA) is 102 Å². The third-order valence-electron chi connectivity index (χ3n) is 4.00. The van der Waals surface area contributed by atoms with Crippen molar-refractivity contribution in [2.24, 2.45) is 17.1 Å². The van der Waals surface area contributed by atoms with Gasteiger partial charge in [-0.2, -0.15) is 0 Å². The quantitative estimate of drug-likeness (QED) is 0.641. The first-order valence-corrected chi connectivity index (χ1v) is 7.14. The monoisotopic (exact) mass is 286 g/mol. The highest BCUT2D eigenvalue weighted by Crippen LogP contribution is 2.29. The van der Waals surface area contributed by atoms with E-state index in [2.05, 4.69) is 5.32 Å². The third-order valence-corrected chi connectivity index (χ3v) is 4.00. The van der Waals surface area contributed by atoms with Gasteiger partial charge in [-0.3, -0.25) is 9.59 Å². The highest BCUT2D eigenvalue weighted by Gasteiger charge is 2.47. The number of carboxylic acid groups (broad SMARTS) is 1. The summed E-state index contributed by atoms with van der Waals surface area (Å²) < 4.78 is 5.22. The highest BCUT2D eigenvalue weighted by atomic mass is 16.5. The van der Waals surface area contributed by atoms with Crippen molar-refractivity contribution in [3.63, 3.8) is 0 Å². The van der Waals surface area contributed by atoms with Crippen molar-refractivity contribution in [1.82, 2.24) is 5.32 Å². The van der Waals surface area contributed by atoms with Gasteiger partial charge in [0.25, 0.3) is 0 Å². The van der Waals surface area contributed by atoms with Crippen LogP contribution in [0, 0.1) is 11.3 Å². The van der Waals surface area contributed by atoms with Gasteiger partial charge < -0.3 is 20.9 Å². The van der Waals surface area contributed by atoms with Crippen LogP contribution in [0.3, 0.4) is 0 Å². The SMILES string of the molecule is CC(N)CCCC(C)C(=O)NC1COCC1(C)C(=O)O. The second-order valence-electron chi connectivity index (χ2n) is 6.11. The second kappa shape index (κ2) is 7.04. The second-order valence-corrected chi connectivity index (χ2v) is 6.11. The lowest BCUT2D eigenvalue weighted by Gasteiger charge is -2.26. The van der Waals surface area contributed by atoms with Gasteiger partial charge in [-0.25, -0.2) is 0 Å². The van der Waals surface area contributed by atoms with Crippen molar-refractivity contribution in [1.29, 1.82) is 0 Å². The lowest BCUT2D eigenvalue weighted by atomic mass is 9.85. The summed E-state index contributed by atoms with van der Waals surface area (Å²) in [6.07, 6.45) is 2.53. The first kappa shape index (κ1) is 16.9. The van der Waals surface area contributed by atoms with E-state index in [1.807, 2.05) is 13.8 Å². The van der Waals surface area contributed by atoms with E-state index in [4.69, 9.17) is 10.5 Å².